The van der Waals surface area contributed by atoms with Crippen LogP contribution in [-0.4, -0.2) is 43.7 Å². The van der Waals surface area contributed by atoms with Gasteiger partial charge in [-0.3, -0.25) is 0 Å². The second kappa shape index (κ2) is 6.52. The molecular weight excluding hydrogens is 242 g/mol. The number of hydrogen-bond donors (Lipinski definition) is 1. The zero-order valence-corrected chi connectivity index (χ0v) is 11.6. The minimum atomic E-state index is -0.332. The molecule has 1 N–H and O–H groups in total. The molecule has 1 aliphatic heterocycles. The van der Waals surface area contributed by atoms with Gasteiger partial charge in [0.1, 0.15) is 11.4 Å². The number of carbonyl (C=O) groups is 1. The van der Waals surface area contributed by atoms with Crippen molar-refractivity contribution in [1.82, 2.24) is 10.3 Å². The van der Waals surface area contributed by atoms with Gasteiger partial charge in [0.05, 0.1) is 7.11 Å². The summed E-state index contributed by atoms with van der Waals surface area (Å²) in [5, 5.41) is 3.47. The topological polar surface area (TPSA) is 54.5 Å². The first-order valence-corrected chi connectivity index (χ1v) is 6.78. The third-order valence-electron chi connectivity index (χ3n) is 3.48. The molecule has 0 bridgehead atoms. The van der Waals surface area contributed by atoms with Crippen LogP contribution in [0.15, 0.2) is 18.3 Å². The van der Waals surface area contributed by atoms with E-state index in [1.165, 1.54) is 20.0 Å². The van der Waals surface area contributed by atoms with Crippen LogP contribution in [0.25, 0.3) is 0 Å². The number of aromatic nitrogens is 1. The van der Waals surface area contributed by atoms with E-state index in [4.69, 9.17) is 4.74 Å². The van der Waals surface area contributed by atoms with Crippen LogP contribution in [0.5, 0.6) is 0 Å². The molecule has 0 aliphatic carbocycles. The highest BCUT2D eigenvalue weighted by Gasteiger charge is 2.22. The summed E-state index contributed by atoms with van der Waals surface area (Å²) in [6, 6.07) is 4.00. The standard InChI is InChI=1S/C14H21N3O2/c1-3-17(10-11-6-4-8-15-11)13-12(14(18)19-2)7-5-9-16-13/h5,7,9,11,15H,3-4,6,8,10H2,1-2H3. The number of carbonyl (C=O) groups excluding carboxylic acids is 1. The predicted octanol–water partition coefficient (Wildman–Crippen LogP) is 1.45. The van der Waals surface area contributed by atoms with Gasteiger partial charge in [0, 0.05) is 25.3 Å². The molecule has 0 amide bonds. The van der Waals surface area contributed by atoms with Crippen molar-refractivity contribution in [2.45, 2.75) is 25.8 Å². The summed E-state index contributed by atoms with van der Waals surface area (Å²) in [6.07, 6.45) is 4.11. The van der Waals surface area contributed by atoms with Crippen LogP contribution in [0.3, 0.4) is 0 Å². The number of anilines is 1. The van der Waals surface area contributed by atoms with Gasteiger partial charge in [0.2, 0.25) is 0 Å². The quantitative estimate of drug-likeness (QED) is 0.815. The van der Waals surface area contributed by atoms with Crippen LogP contribution < -0.4 is 10.2 Å². The Bertz CT molecular complexity index is 430. The number of nitrogens with zero attached hydrogens (tertiary/aromatic N) is 2. The highest BCUT2D eigenvalue weighted by Crippen LogP contribution is 2.19. The van der Waals surface area contributed by atoms with Gasteiger partial charge in [0.15, 0.2) is 0 Å². The zero-order valence-electron chi connectivity index (χ0n) is 11.6. The maximum Gasteiger partial charge on any atom is 0.341 e. The SMILES string of the molecule is CCN(CC1CCCN1)c1ncccc1C(=O)OC. The minimum Gasteiger partial charge on any atom is -0.465 e. The summed E-state index contributed by atoms with van der Waals surface area (Å²) in [5.41, 5.74) is 0.532. The molecule has 1 unspecified atom stereocenters. The van der Waals surface area contributed by atoms with Gasteiger partial charge < -0.3 is 15.0 Å². The molecule has 0 saturated carbocycles. The number of hydrogen-bond acceptors (Lipinski definition) is 5. The van der Waals surface area contributed by atoms with E-state index in [0.717, 1.165) is 19.6 Å². The molecule has 0 radical (unpaired) electrons. The highest BCUT2D eigenvalue weighted by molar-refractivity contribution is 5.94. The van der Waals surface area contributed by atoms with Gasteiger partial charge in [0.25, 0.3) is 0 Å². The van der Waals surface area contributed by atoms with Crippen molar-refractivity contribution in [1.29, 1.82) is 0 Å². The largest absolute Gasteiger partial charge is 0.465 e. The fourth-order valence-corrected chi connectivity index (χ4v) is 2.46. The van der Waals surface area contributed by atoms with Crippen LogP contribution in [0, 0.1) is 0 Å². The Morgan fingerprint density at radius 1 is 1.63 bits per heavy atom. The number of nitrogens with one attached hydrogen (secondary N) is 1. The van der Waals surface area contributed by atoms with E-state index in [-0.39, 0.29) is 5.97 Å². The summed E-state index contributed by atoms with van der Waals surface area (Å²) >= 11 is 0. The van der Waals surface area contributed by atoms with Crippen molar-refractivity contribution in [2.75, 3.05) is 31.6 Å². The zero-order chi connectivity index (χ0) is 13.7. The number of ether oxygens (including phenoxy) is 1. The Labute approximate surface area is 114 Å². The number of rotatable bonds is 5. The van der Waals surface area contributed by atoms with E-state index >= 15 is 0 Å². The summed E-state index contributed by atoms with van der Waals surface area (Å²) in [4.78, 5) is 18.3. The van der Waals surface area contributed by atoms with E-state index in [9.17, 15) is 4.79 Å². The number of esters is 1. The molecule has 2 heterocycles. The molecule has 1 saturated heterocycles. The summed E-state index contributed by atoms with van der Waals surface area (Å²) in [7, 11) is 1.40. The Morgan fingerprint density at radius 3 is 3.11 bits per heavy atom. The maximum absolute atomic E-state index is 11.8. The molecule has 0 aromatic carbocycles. The van der Waals surface area contributed by atoms with Crippen LogP contribution in [0.2, 0.25) is 0 Å². The lowest BCUT2D eigenvalue weighted by Crippen LogP contribution is -2.38. The molecule has 0 spiro atoms. The molecule has 1 aliphatic rings. The number of methoxy groups -OCH3 is 1. The van der Waals surface area contributed by atoms with E-state index in [2.05, 4.69) is 22.1 Å². The monoisotopic (exact) mass is 263 g/mol. The summed E-state index contributed by atoms with van der Waals surface area (Å²) < 4.78 is 4.82. The molecular formula is C14H21N3O2. The van der Waals surface area contributed by atoms with E-state index < -0.39 is 0 Å². The van der Waals surface area contributed by atoms with Gasteiger partial charge in [-0.2, -0.15) is 0 Å². The Kier molecular flexibility index (Phi) is 4.74. The minimum absolute atomic E-state index is 0.332. The van der Waals surface area contributed by atoms with Gasteiger partial charge in [-0.15, -0.1) is 0 Å². The molecule has 1 fully saturated rings. The Morgan fingerprint density at radius 2 is 2.47 bits per heavy atom. The van der Waals surface area contributed by atoms with Crippen LogP contribution >= 0.6 is 0 Å². The van der Waals surface area contributed by atoms with Gasteiger partial charge in [-0.05, 0) is 38.4 Å². The van der Waals surface area contributed by atoms with Crippen molar-refractivity contribution < 1.29 is 9.53 Å². The number of likely N-dealkylation sites (N-methyl/N-ethyl adjacent to an activating group) is 1. The fourth-order valence-electron chi connectivity index (χ4n) is 2.46. The highest BCUT2D eigenvalue weighted by atomic mass is 16.5. The second-order valence-corrected chi connectivity index (χ2v) is 4.70. The lowest BCUT2D eigenvalue weighted by atomic mass is 10.2. The Balaban J connectivity index is 2.19. The molecule has 1 atom stereocenters. The fraction of sp³-hybridized carbons (Fsp3) is 0.571. The van der Waals surface area contributed by atoms with Crippen molar-refractivity contribution in [2.24, 2.45) is 0 Å². The average Bonchev–Trinajstić information content (AvgIpc) is 2.97. The first-order valence-electron chi connectivity index (χ1n) is 6.78. The molecule has 19 heavy (non-hydrogen) atoms. The van der Waals surface area contributed by atoms with E-state index in [1.807, 2.05) is 0 Å². The van der Waals surface area contributed by atoms with E-state index in [0.29, 0.717) is 17.4 Å². The molecule has 1 aromatic rings. The van der Waals surface area contributed by atoms with Crippen molar-refractivity contribution in [3.8, 4) is 0 Å². The predicted molar refractivity (Wildman–Crippen MR) is 74.5 cm³/mol. The van der Waals surface area contributed by atoms with Crippen LogP contribution in [-0.2, 0) is 4.74 Å². The molecule has 5 heteroatoms. The lowest BCUT2D eigenvalue weighted by molar-refractivity contribution is 0.0601. The molecule has 1 aromatic heterocycles. The Hall–Kier alpha value is -1.62. The number of pyridine rings is 1. The van der Waals surface area contributed by atoms with Crippen molar-refractivity contribution >= 4 is 11.8 Å². The lowest BCUT2D eigenvalue weighted by Gasteiger charge is -2.26. The van der Waals surface area contributed by atoms with Gasteiger partial charge in [-0.1, -0.05) is 0 Å². The summed E-state index contributed by atoms with van der Waals surface area (Å²) in [5.74, 6) is 0.381. The third kappa shape index (κ3) is 3.23. The first kappa shape index (κ1) is 13.8. The van der Waals surface area contributed by atoms with Gasteiger partial charge >= 0.3 is 5.97 Å². The first-order chi connectivity index (χ1) is 9.26. The van der Waals surface area contributed by atoms with Gasteiger partial charge in [-0.25, -0.2) is 9.78 Å². The summed E-state index contributed by atoms with van der Waals surface area (Å²) in [6.45, 7) is 4.84. The normalized spacial score (nSPS) is 18.3. The van der Waals surface area contributed by atoms with Crippen molar-refractivity contribution in [3.63, 3.8) is 0 Å². The average molecular weight is 263 g/mol. The van der Waals surface area contributed by atoms with Crippen LogP contribution in [0.4, 0.5) is 5.82 Å². The van der Waals surface area contributed by atoms with Crippen LogP contribution in [0.1, 0.15) is 30.1 Å². The molecule has 104 valence electrons. The van der Waals surface area contributed by atoms with E-state index in [1.54, 1.807) is 18.3 Å². The maximum atomic E-state index is 11.8. The smallest absolute Gasteiger partial charge is 0.341 e. The van der Waals surface area contributed by atoms with Crippen molar-refractivity contribution in [3.05, 3.63) is 23.9 Å². The third-order valence-corrected chi connectivity index (χ3v) is 3.48. The molecule has 2 rings (SSSR count). The molecule has 5 nitrogen and oxygen atoms in total. The second-order valence-electron chi connectivity index (χ2n) is 4.70.